The van der Waals surface area contributed by atoms with Crippen molar-refractivity contribution in [3.8, 4) is 17.0 Å². The van der Waals surface area contributed by atoms with Crippen LogP contribution >= 0.6 is 23.2 Å². The summed E-state index contributed by atoms with van der Waals surface area (Å²) in [5, 5.41) is 9.79. The van der Waals surface area contributed by atoms with Gasteiger partial charge in [-0.25, -0.2) is 0 Å². The maximum Gasteiger partial charge on any atom is 0.254 e. The average Bonchev–Trinajstić information content (AvgIpc) is 2.79. The van der Waals surface area contributed by atoms with Gasteiger partial charge in [-0.3, -0.25) is 4.79 Å². The zero-order valence-electron chi connectivity index (χ0n) is 16.4. The molecular formula is C22H20Cl2N4O2. The molecule has 0 aliphatic carbocycles. The van der Waals surface area contributed by atoms with Gasteiger partial charge in [0.2, 0.25) is 0 Å². The molecule has 1 saturated heterocycles. The van der Waals surface area contributed by atoms with Gasteiger partial charge in [-0.05, 0) is 48.5 Å². The van der Waals surface area contributed by atoms with Crippen molar-refractivity contribution in [1.29, 1.82) is 0 Å². The number of halogens is 2. The smallest absolute Gasteiger partial charge is 0.254 e. The van der Waals surface area contributed by atoms with Gasteiger partial charge in [0.1, 0.15) is 5.75 Å². The summed E-state index contributed by atoms with van der Waals surface area (Å²) >= 11 is 12.2. The van der Waals surface area contributed by atoms with E-state index in [0.29, 0.717) is 53.2 Å². The Morgan fingerprint density at radius 3 is 2.43 bits per heavy atom. The van der Waals surface area contributed by atoms with Crippen LogP contribution in [0.3, 0.4) is 0 Å². The van der Waals surface area contributed by atoms with E-state index in [1.807, 2.05) is 41.3 Å². The third-order valence-corrected chi connectivity index (χ3v) is 5.61. The molecule has 0 spiro atoms. The maximum absolute atomic E-state index is 12.8. The Bertz CT molecular complexity index is 1050. The second kappa shape index (κ2) is 8.90. The fourth-order valence-corrected chi connectivity index (χ4v) is 3.92. The summed E-state index contributed by atoms with van der Waals surface area (Å²) < 4.78 is 5.21. The Morgan fingerprint density at radius 2 is 1.77 bits per heavy atom. The molecule has 2 heterocycles. The van der Waals surface area contributed by atoms with Crippen molar-refractivity contribution in [2.24, 2.45) is 0 Å². The summed E-state index contributed by atoms with van der Waals surface area (Å²) in [5.41, 5.74) is 2.10. The lowest BCUT2D eigenvalue weighted by Crippen LogP contribution is -2.49. The van der Waals surface area contributed by atoms with E-state index < -0.39 is 0 Å². The van der Waals surface area contributed by atoms with Crippen LogP contribution in [0.2, 0.25) is 10.0 Å². The third kappa shape index (κ3) is 4.35. The summed E-state index contributed by atoms with van der Waals surface area (Å²) in [5.74, 6) is 1.46. The first-order valence-corrected chi connectivity index (χ1v) is 10.3. The third-order valence-electron chi connectivity index (χ3n) is 5.07. The molecule has 1 amide bonds. The number of hydrogen-bond donors (Lipinski definition) is 0. The van der Waals surface area contributed by atoms with Gasteiger partial charge >= 0.3 is 0 Å². The normalized spacial score (nSPS) is 14.0. The van der Waals surface area contributed by atoms with Crippen LogP contribution in [0.4, 0.5) is 5.82 Å². The maximum atomic E-state index is 12.8. The lowest BCUT2D eigenvalue weighted by molar-refractivity contribution is 0.0746. The lowest BCUT2D eigenvalue weighted by Gasteiger charge is -2.35. The van der Waals surface area contributed by atoms with Gasteiger partial charge in [-0.2, -0.15) is 0 Å². The molecule has 30 heavy (non-hydrogen) atoms. The van der Waals surface area contributed by atoms with Gasteiger partial charge in [0.15, 0.2) is 5.82 Å². The van der Waals surface area contributed by atoms with Crippen molar-refractivity contribution >= 4 is 34.9 Å². The van der Waals surface area contributed by atoms with Crippen LogP contribution in [0.1, 0.15) is 10.4 Å². The number of hydrogen-bond acceptors (Lipinski definition) is 5. The van der Waals surface area contributed by atoms with Gasteiger partial charge in [0.05, 0.1) is 17.8 Å². The molecule has 0 N–H and O–H groups in total. The van der Waals surface area contributed by atoms with Crippen molar-refractivity contribution in [2.45, 2.75) is 0 Å². The van der Waals surface area contributed by atoms with Crippen molar-refractivity contribution in [1.82, 2.24) is 15.1 Å². The van der Waals surface area contributed by atoms with Crippen molar-refractivity contribution in [3.05, 3.63) is 70.2 Å². The summed E-state index contributed by atoms with van der Waals surface area (Å²) in [6, 6.07) is 16.3. The van der Waals surface area contributed by atoms with E-state index in [2.05, 4.69) is 15.1 Å². The van der Waals surface area contributed by atoms with Gasteiger partial charge in [-0.15, -0.1) is 10.2 Å². The highest BCUT2D eigenvalue weighted by Crippen LogP contribution is 2.29. The van der Waals surface area contributed by atoms with E-state index in [4.69, 9.17) is 27.9 Å². The first-order chi connectivity index (χ1) is 14.5. The Hall–Kier alpha value is -2.83. The Kier molecular flexibility index (Phi) is 6.06. The Labute approximate surface area is 185 Å². The second-order valence-electron chi connectivity index (χ2n) is 6.91. The van der Waals surface area contributed by atoms with Gasteiger partial charge in [-0.1, -0.05) is 29.3 Å². The lowest BCUT2D eigenvalue weighted by atomic mass is 10.1. The van der Waals surface area contributed by atoms with Crippen LogP contribution in [0.5, 0.6) is 5.75 Å². The molecule has 0 saturated carbocycles. The van der Waals surface area contributed by atoms with Crippen LogP contribution in [0.15, 0.2) is 54.6 Å². The summed E-state index contributed by atoms with van der Waals surface area (Å²) in [4.78, 5) is 16.7. The SMILES string of the molecule is COc1cccc(C(=O)N2CCN(c3ccc(-c4ccc(Cl)cc4Cl)nn3)CC2)c1. The van der Waals surface area contributed by atoms with Crippen molar-refractivity contribution < 1.29 is 9.53 Å². The predicted octanol–water partition coefficient (Wildman–Crippen LogP) is 4.42. The zero-order chi connectivity index (χ0) is 21.1. The highest BCUT2D eigenvalue weighted by molar-refractivity contribution is 6.36. The number of rotatable bonds is 4. The topological polar surface area (TPSA) is 58.6 Å². The summed E-state index contributed by atoms with van der Waals surface area (Å²) in [6.45, 7) is 2.60. The number of carbonyl (C=O) groups is 1. The number of ether oxygens (including phenoxy) is 1. The Morgan fingerprint density at radius 1 is 0.967 bits per heavy atom. The van der Waals surface area contributed by atoms with Gasteiger partial charge < -0.3 is 14.5 Å². The summed E-state index contributed by atoms with van der Waals surface area (Å²) in [6.07, 6.45) is 0. The largest absolute Gasteiger partial charge is 0.497 e. The highest BCUT2D eigenvalue weighted by atomic mass is 35.5. The van der Waals surface area contributed by atoms with E-state index in [0.717, 1.165) is 11.4 Å². The quantitative estimate of drug-likeness (QED) is 0.598. The first kappa shape index (κ1) is 20.4. The minimum Gasteiger partial charge on any atom is -0.497 e. The average molecular weight is 443 g/mol. The molecule has 2 aromatic carbocycles. The van der Waals surface area contributed by atoms with Crippen LogP contribution in [0, 0.1) is 0 Å². The van der Waals surface area contributed by atoms with E-state index in [1.165, 1.54) is 0 Å². The van der Waals surface area contributed by atoms with Crippen LogP contribution in [-0.2, 0) is 0 Å². The zero-order valence-corrected chi connectivity index (χ0v) is 17.9. The van der Waals surface area contributed by atoms with Gasteiger partial charge in [0.25, 0.3) is 5.91 Å². The minimum absolute atomic E-state index is 0.00682. The molecule has 0 atom stereocenters. The number of carbonyl (C=O) groups excluding carboxylic acids is 1. The Balaban J connectivity index is 1.41. The molecule has 4 rings (SSSR count). The standard InChI is InChI=1S/C22H20Cl2N4O2/c1-30-17-4-2-3-15(13-17)22(29)28-11-9-27(10-12-28)21-8-7-20(25-26-21)18-6-5-16(23)14-19(18)24/h2-8,13-14H,9-12H2,1H3. The number of piperazine rings is 1. The second-order valence-corrected chi connectivity index (χ2v) is 7.76. The van der Waals surface area contributed by atoms with Gasteiger partial charge in [0, 0.05) is 42.3 Å². The molecule has 0 radical (unpaired) electrons. The van der Waals surface area contributed by atoms with E-state index >= 15 is 0 Å². The number of nitrogens with zero attached hydrogens (tertiary/aromatic N) is 4. The molecule has 8 heteroatoms. The summed E-state index contributed by atoms with van der Waals surface area (Å²) in [7, 11) is 1.59. The molecule has 0 bridgehead atoms. The number of aromatic nitrogens is 2. The fourth-order valence-electron chi connectivity index (χ4n) is 3.41. The monoisotopic (exact) mass is 442 g/mol. The molecule has 0 unspecified atom stereocenters. The van der Waals surface area contributed by atoms with E-state index in [-0.39, 0.29) is 5.91 Å². The van der Waals surface area contributed by atoms with Crippen molar-refractivity contribution in [2.75, 3.05) is 38.2 Å². The number of benzene rings is 2. The molecule has 6 nitrogen and oxygen atoms in total. The molecule has 1 aliphatic heterocycles. The van der Waals surface area contributed by atoms with Crippen LogP contribution < -0.4 is 9.64 Å². The number of amides is 1. The first-order valence-electron chi connectivity index (χ1n) is 9.52. The predicted molar refractivity (Wildman–Crippen MR) is 119 cm³/mol. The molecule has 1 fully saturated rings. The number of anilines is 1. The molecule has 1 aliphatic rings. The van der Waals surface area contributed by atoms with Crippen LogP contribution in [-0.4, -0.2) is 54.3 Å². The van der Waals surface area contributed by atoms with E-state index in [1.54, 1.807) is 25.3 Å². The molecule has 3 aromatic rings. The highest BCUT2D eigenvalue weighted by Gasteiger charge is 2.23. The fraction of sp³-hybridized carbons (Fsp3) is 0.227. The van der Waals surface area contributed by atoms with Crippen molar-refractivity contribution in [3.63, 3.8) is 0 Å². The molecule has 1 aromatic heterocycles. The molecule has 154 valence electrons. The van der Waals surface area contributed by atoms with E-state index in [9.17, 15) is 4.79 Å². The molecular weight excluding hydrogens is 423 g/mol. The number of methoxy groups -OCH3 is 1. The van der Waals surface area contributed by atoms with Crippen LogP contribution in [0.25, 0.3) is 11.3 Å². The minimum atomic E-state index is 0.00682.